The van der Waals surface area contributed by atoms with Gasteiger partial charge in [-0.1, -0.05) is 55.5 Å². The second-order valence-electron chi connectivity index (χ2n) is 9.20. The van der Waals surface area contributed by atoms with Gasteiger partial charge in [-0.15, -0.1) is 0 Å². The molecule has 36 heavy (non-hydrogen) atoms. The van der Waals surface area contributed by atoms with Crippen molar-refractivity contribution in [2.75, 3.05) is 25.0 Å². The Morgan fingerprint density at radius 1 is 0.972 bits per heavy atom. The molecule has 7 nitrogen and oxygen atoms in total. The second kappa shape index (κ2) is 12.4. The molecule has 1 N–H and O–H groups in total. The zero-order valence-electron chi connectivity index (χ0n) is 21.1. The molecule has 2 heterocycles. The third-order valence-electron chi connectivity index (χ3n) is 6.41. The van der Waals surface area contributed by atoms with Crippen molar-refractivity contribution in [2.24, 2.45) is 0 Å². The molecule has 1 fully saturated rings. The summed E-state index contributed by atoms with van der Waals surface area (Å²) in [5.41, 5.74) is 2.83. The first-order valence-electron chi connectivity index (χ1n) is 12.6. The number of nitrogens with one attached hydrogen (secondary N) is 1. The highest BCUT2D eigenvalue weighted by Gasteiger charge is 2.27. The molecule has 1 unspecified atom stereocenters. The lowest BCUT2D eigenvalue weighted by Gasteiger charge is -2.29. The molecule has 0 saturated carbocycles. The average molecular weight is 490 g/mol. The van der Waals surface area contributed by atoms with Crippen molar-refractivity contribution in [3.63, 3.8) is 0 Å². The number of nitrogens with zero attached hydrogens (tertiary/aromatic N) is 2. The van der Waals surface area contributed by atoms with Crippen LogP contribution in [-0.4, -0.2) is 47.5 Å². The van der Waals surface area contributed by atoms with Gasteiger partial charge in [-0.3, -0.25) is 4.79 Å². The van der Waals surface area contributed by atoms with E-state index in [2.05, 4.69) is 12.2 Å². The quantitative estimate of drug-likeness (QED) is 0.414. The van der Waals surface area contributed by atoms with Gasteiger partial charge in [-0.05, 0) is 55.5 Å². The number of furan rings is 1. The van der Waals surface area contributed by atoms with Crippen molar-refractivity contribution in [2.45, 2.75) is 52.3 Å². The number of urea groups is 1. The first kappa shape index (κ1) is 25.5. The third-order valence-corrected chi connectivity index (χ3v) is 6.41. The van der Waals surface area contributed by atoms with E-state index < -0.39 is 0 Å². The van der Waals surface area contributed by atoms with Crippen LogP contribution < -0.4 is 5.32 Å². The fourth-order valence-electron chi connectivity index (χ4n) is 4.46. The summed E-state index contributed by atoms with van der Waals surface area (Å²) in [6.45, 7) is 5.69. The maximum absolute atomic E-state index is 13.6. The highest BCUT2D eigenvalue weighted by molar-refractivity contribution is 5.93. The van der Waals surface area contributed by atoms with E-state index in [0.29, 0.717) is 32.0 Å². The maximum atomic E-state index is 13.6. The molecular formula is C29H35N3O4. The minimum absolute atomic E-state index is 0.0491. The number of amides is 3. The van der Waals surface area contributed by atoms with Crippen molar-refractivity contribution >= 4 is 17.6 Å². The van der Waals surface area contributed by atoms with E-state index in [1.807, 2.05) is 73.7 Å². The third kappa shape index (κ3) is 6.98. The summed E-state index contributed by atoms with van der Waals surface area (Å²) in [6, 6.07) is 21.1. The number of hydrogen-bond acceptors (Lipinski definition) is 4. The highest BCUT2D eigenvalue weighted by Crippen LogP contribution is 2.19. The predicted octanol–water partition coefficient (Wildman–Crippen LogP) is 5.39. The molecule has 3 amide bonds. The lowest BCUT2D eigenvalue weighted by Crippen LogP contribution is -2.47. The average Bonchev–Trinajstić information content (AvgIpc) is 3.55. The van der Waals surface area contributed by atoms with Crippen molar-refractivity contribution in [1.29, 1.82) is 0 Å². The molecule has 1 aliphatic heterocycles. The minimum Gasteiger partial charge on any atom is -0.464 e. The highest BCUT2D eigenvalue weighted by atomic mass is 16.5. The Balaban J connectivity index is 1.52. The van der Waals surface area contributed by atoms with Gasteiger partial charge in [-0.2, -0.15) is 0 Å². The van der Waals surface area contributed by atoms with E-state index in [9.17, 15) is 9.59 Å². The van der Waals surface area contributed by atoms with Crippen LogP contribution in [-0.2, 0) is 29.0 Å². The fraction of sp³-hybridized carbons (Fsp3) is 0.379. The van der Waals surface area contributed by atoms with Crippen LogP contribution in [0.25, 0.3) is 0 Å². The summed E-state index contributed by atoms with van der Waals surface area (Å²) in [6.07, 6.45) is 2.57. The molecule has 1 saturated heterocycles. The summed E-state index contributed by atoms with van der Waals surface area (Å²) in [5, 5.41) is 3.02. The molecule has 0 radical (unpaired) electrons. The van der Waals surface area contributed by atoms with Gasteiger partial charge in [0.1, 0.15) is 18.1 Å². The van der Waals surface area contributed by atoms with Crippen molar-refractivity contribution in [3.05, 3.63) is 89.4 Å². The largest absolute Gasteiger partial charge is 0.464 e. The van der Waals surface area contributed by atoms with Crippen LogP contribution in [0.4, 0.5) is 10.5 Å². The number of rotatable bonds is 10. The SMILES string of the molecule is CCc1ccccc1NC(=O)N(CC(=O)N(Cc1ccccc1)Cc1ccc(C)o1)CC1CCCO1. The number of carbonyl (C=O) groups excluding carboxylic acids is 2. The molecule has 0 spiro atoms. The van der Waals surface area contributed by atoms with Crippen molar-refractivity contribution in [3.8, 4) is 0 Å². The monoisotopic (exact) mass is 489 g/mol. The van der Waals surface area contributed by atoms with Gasteiger partial charge in [0.05, 0.1) is 12.6 Å². The lowest BCUT2D eigenvalue weighted by atomic mass is 10.1. The number of anilines is 1. The fourth-order valence-corrected chi connectivity index (χ4v) is 4.46. The van der Waals surface area contributed by atoms with E-state index in [1.165, 1.54) is 0 Å². The number of benzene rings is 2. The number of aryl methyl sites for hydroxylation is 2. The van der Waals surface area contributed by atoms with Crippen molar-refractivity contribution in [1.82, 2.24) is 9.80 Å². The molecule has 1 aromatic heterocycles. The number of carbonyl (C=O) groups is 2. The molecule has 4 rings (SSSR count). The van der Waals surface area contributed by atoms with E-state index in [1.54, 1.807) is 9.80 Å². The Morgan fingerprint density at radius 2 is 1.75 bits per heavy atom. The molecule has 190 valence electrons. The van der Waals surface area contributed by atoms with Crippen LogP contribution in [0, 0.1) is 6.92 Å². The van der Waals surface area contributed by atoms with Crippen LogP contribution in [0.1, 0.15) is 42.4 Å². The summed E-state index contributed by atoms with van der Waals surface area (Å²) in [4.78, 5) is 30.4. The second-order valence-corrected chi connectivity index (χ2v) is 9.20. The van der Waals surface area contributed by atoms with E-state index in [0.717, 1.165) is 41.8 Å². The Labute approximate surface area is 213 Å². The molecule has 3 aromatic rings. The van der Waals surface area contributed by atoms with Crippen LogP contribution in [0.5, 0.6) is 0 Å². The molecule has 0 bridgehead atoms. The number of para-hydroxylation sites is 1. The molecule has 2 aromatic carbocycles. The summed E-state index contributed by atoms with van der Waals surface area (Å²) in [7, 11) is 0. The zero-order chi connectivity index (χ0) is 25.3. The first-order valence-corrected chi connectivity index (χ1v) is 12.6. The van der Waals surface area contributed by atoms with Crippen LogP contribution >= 0.6 is 0 Å². The van der Waals surface area contributed by atoms with Crippen LogP contribution in [0.3, 0.4) is 0 Å². The van der Waals surface area contributed by atoms with Gasteiger partial charge < -0.3 is 24.3 Å². The van der Waals surface area contributed by atoms with E-state index in [-0.39, 0.29) is 24.6 Å². The van der Waals surface area contributed by atoms with Crippen LogP contribution in [0.15, 0.2) is 71.1 Å². The summed E-state index contributed by atoms with van der Waals surface area (Å²) in [5.74, 6) is 1.36. The van der Waals surface area contributed by atoms with E-state index in [4.69, 9.17) is 9.15 Å². The molecule has 1 atom stereocenters. The molecule has 7 heteroatoms. The van der Waals surface area contributed by atoms with Gasteiger partial charge in [0, 0.05) is 25.4 Å². The Kier molecular flexibility index (Phi) is 8.79. The zero-order valence-corrected chi connectivity index (χ0v) is 21.1. The standard InChI is InChI=1S/C29H35N3O4/c1-3-24-12-7-8-14-27(24)30-29(34)32(19-25-13-9-17-35-25)21-28(33)31(18-23-10-5-4-6-11-23)20-26-16-15-22(2)36-26/h4-8,10-12,14-16,25H,3,9,13,17-21H2,1-2H3,(H,30,34). The van der Waals surface area contributed by atoms with Gasteiger partial charge in [0.2, 0.25) is 5.91 Å². The number of hydrogen-bond donors (Lipinski definition) is 1. The summed E-state index contributed by atoms with van der Waals surface area (Å²) < 4.78 is 11.6. The normalized spacial score (nSPS) is 15.0. The van der Waals surface area contributed by atoms with Crippen molar-refractivity contribution < 1.29 is 18.7 Å². The topological polar surface area (TPSA) is 75.0 Å². The molecular weight excluding hydrogens is 454 g/mol. The smallest absolute Gasteiger partial charge is 0.322 e. The van der Waals surface area contributed by atoms with Gasteiger partial charge in [0.15, 0.2) is 0 Å². The maximum Gasteiger partial charge on any atom is 0.322 e. The lowest BCUT2D eigenvalue weighted by molar-refractivity contribution is -0.133. The Morgan fingerprint density at radius 3 is 2.44 bits per heavy atom. The Hall–Kier alpha value is -3.58. The van der Waals surface area contributed by atoms with Gasteiger partial charge in [-0.25, -0.2) is 4.79 Å². The predicted molar refractivity (Wildman–Crippen MR) is 140 cm³/mol. The molecule has 1 aliphatic rings. The van der Waals surface area contributed by atoms with Crippen LogP contribution in [0.2, 0.25) is 0 Å². The van der Waals surface area contributed by atoms with Gasteiger partial charge in [0.25, 0.3) is 0 Å². The summed E-state index contributed by atoms with van der Waals surface area (Å²) >= 11 is 0. The first-order chi connectivity index (χ1) is 17.5. The number of ether oxygens (including phenoxy) is 1. The van der Waals surface area contributed by atoms with E-state index >= 15 is 0 Å². The molecule has 0 aliphatic carbocycles. The Bertz CT molecular complexity index is 1140. The minimum atomic E-state index is -0.298. The van der Waals surface area contributed by atoms with Gasteiger partial charge >= 0.3 is 6.03 Å².